The second-order valence-corrected chi connectivity index (χ2v) is 5.76. The first-order valence-electron chi connectivity index (χ1n) is 7.19. The average molecular weight is 518 g/mol. The summed E-state index contributed by atoms with van der Waals surface area (Å²) in [5, 5.41) is 0. The maximum Gasteiger partial charge on any atom is 0.384 e. The first kappa shape index (κ1) is 30.0. The Kier molecular flexibility index (Phi) is 7.90. The van der Waals surface area contributed by atoms with Gasteiger partial charge in [0.15, 0.2) is 0 Å². The van der Waals surface area contributed by atoms with Gasteiger partial charge in [-0.05, 0) is 0 Å². The Morgan fingerprint density at radius 3 is 1.38 bits per heavy atom. The molecule has 2 nitrogen and oxygen atoms in total. The van der Waals surface area contributed by atoms with E-state index in [9.17, 15) is 79.4 Å². The van der Waals surface area contributed by atoms with Crippen molar-refractivity contribution in [1.82, 2.24) is 0 Å². The van der Waals surface area contributed by atoms with Crippen LogP contribution in [0.2, 0.25) is 0 Å². The first-order valence-corrected chi connectivity index (χ1v) is 7.19. The number of halogens is 17. The molecule has 1 unspecified atom stereocenters. The van der Waals surface area contributed by atoms with Crippen LogP contribution in [0.15, 0.2) is 12.7 Å². The topological polar surface area (TPSA) is 26.3 Å². The van der Waals surface area contributed by atoms with E-state index in [1.807, 2.05) is 0 Å². The van der Waals surface area contributed by atoms with E-state index >= 15 is 0 Å². The van der Waals surface area contributed by atoms with Crippen molar-refractivity contribution in [3.05, 3.63) is 12.7 Å². The van der Waals surface area contributed by atoms with Gasteiger partial charge < -0.3 is 4.74 Å². The lowest BCUT2D eigenvalue weighted by Gasteiger charge is -2.42. The third-order valence-electron chi connectivity index (χ3n) is 3.56. The van der Waals surface area contributed by atoms with Crippen LogP contribution >= 0.6 is 0 Å². The molecular formula is C13H7F17O2. The molecule has 0 aliphatic carbocycles. The van der Waals surface area contributed by atoms with Crippen molar-refractivity contribution >= 4 is 5.97 Å². The van der Waals surface area contributed by atoms with Crippen LogP contribution in [0.25, 0.3) is 0 Å². The zero-order valence-corrected chi connectivity index (χ0v) is 14.4. The van der Waals surface area contributed by atoms with Gasteiger partial charge in [-0.15, -0.1) is 0 Å². The molecule has 190 valence electrons. The number of hydrogen-bond acceptors (Lipinski definition) is 2. The van der Waals surface area contributed by atoms with E-state index in [1.165, 1.54) is 0 Å². The maximum absolute atomic E-state index is 13.4. The fourth-order valence-electron chi connectivity index (χ4n) is 1.71. The van der Waals surface area contributed by atoms with E-state index in [4.69, 9.17) is 0 Å². The highest BCUT2D eigenvalue weighted by atomic mass is 19.4. The molecule has 0 N–H and O–H groups in total. The van der Waals surface area contributed by atoms with Gasteiger partial charge in [0.25, 0.3) is 0 Å². The number of carbonyl (C=O) groups is 1. The van der Waals surface area contributed by atoms with Crippen LogP contribution in [0.1, 0.15) is 6.42 Å². The SMILES string of the molecule is C=CC(=O)OC(F)CC(F)(F)C(F)(F)C(F)(F)C(F)(F)C(F)(F)C(F)(F)C(F)(F)C(F)F. The van der Waals surface area contributed by atoms with E-state index in [-0.39, 0.29) is 6.08 Å². The number of carbonyl (C=O) groups excluding carboxylic acids is 1. The molecule has 19 heteroatoms. The first-order chi connectivity index (χ1) is 13.8. The Hall–Kier alpha value is -1.98. The number of rotatable bonds is 11. The highest BCUT2D eigenvalue weighted by molar-refractivity contribution is 5.81. The Balaban J connectivity index is 6.43. The standard InChI is InChI=1S/C13H7F17O2/c1-2-5(31)32-4(14)3-7(17,18)9(21,22)11(25,26)13(29,30)12(27,28)10(23,24)8(19,20)6(15)16/h2,4,6H,1,3H2. The van der Waals surface area contributed by atoms with E-state index < -0.39 is 66.6 Å². The lowest BCUT2D eigenvalue weighted by molar-refractivity contribution is -0.448. The van der Waals surface area contributed by atoms with Gasteiger partial charge in [-0.25, -0.2) is 18.0 Å². The van der Waals surface area contributed by atoms with Crippen LogP contribution in [0.4, 0.5) is 74.6 Å². The molecule has 0 radical (unpaired) electrons. The number of esters is 1. The van der Waals surface area contributed by atoms with Gasteiger partial charge in [0.1, 0.15) is 0 Å². The molecule has 0 aromatic carbocycles. The van der Waals surface area contributed by atoms with Crippen molar-refractivity contribution in [2.45, 2.75) is 60.7 Å². The van der Waals surface area contributed by atoms with Crippen molar-refractivity contribution in [3.63, 3.8) is 0 Å². The predicted octanol–water partition coefficient (Wildman–Crippen LogP) is 6.11. The zero-order chi connectivity index (χ0) is 26.4. The minimum atomic E-state index is -8.57. The fourth-order valence-corrected chi connectivity index (χ4v) is 1.71. The third-order valence-corrected chi connectivity index (χ3v) is 3.56. The molecule has 0 aliphatic heterocycles. The van der Waals surface area contributed by atoms with E-state index in [0.717, 1.165) is 0 Å². The molecule has 0 fully saturated rings. The molecule has 0 aromatic rings. The highest BCUT2D eigenvalue weighted by Crippen LogP contribution is 2.63. The summed E-state index contributed by atoms with van der Waals surface area (Å²) in [6.45, 7) is 2.55. The second-order valence-electron chi connectivity index (χ2n) is 5.76. The van der Waals surface area contributed by atoms with E-state index in [2.05, 4.69) is 11.3 Å². The highest BCUT2D eigenvalue weighted by Gasteiger charge is 2.93. The number of alkyl halides is 17. The van der Waals surface area contributed by atoms with Gasteiger partial charge in [0.2, 0.25) is 6.36 Å². The normalized spacial score (nSPS) is 16.2. The summed E-state index contributed by atoms with van der Waals surface area (Å²) in [7, 11) is 0. The molecule has 1 atom stereocenters. The van der Waals surface area contributed by atoms with Gasteiger partial charge in [0.05, 0.1) is 6.42 Å². The fraction of sp³-hybridized carbons (Fsp3) is 0.769. The lowest BCUT2D eigenvalue weighted by atomic mass is 9.88. The Morgan fingerprint density at radius 2 is 1.03 bits per heavy atom. The van der Waals surface area contributed by atoms with Gasteiger partial charge in [-0.2, -0.15) is 61.5 Å². The Morgan fingerprint density at radius 1 is 0.688 bits per heavy atom. The lowest BCUT2D eigenvalue weighted by Crippen LogP contribution is -2.73. The molecule has 0 rings (SSSR count). The quantitative estimate of drug-likeness (QED) is 0.188. The molecule has 0 aromatic heterocycles. The van der Waals surface area contributed by atoms with Crippen LogP contribution in [0.3, 0.4) is 0 Å². The van der Waals surface area contributed by atoms with Crippen LogP contribution < -0.4 is 0 Å². The summed E-state index contributed by atoms with van der Waals surface area (Å²) < 4.78 is 225. The molecular weight excluding hydrogens is 511 g/mol. The number of ether oxygens (including phenoxy) is 1. The second kappa shape index (κ2) is 8.42. The molecule has 32 heavy (non-hydrogen) atoms. The van der Waals surface area contributed by atoms with Gasteiger partial charge in [-0.1, -0.05) is 6.58 Å². The van der Waals surface area contributed by atoms with Crippen molar-refractivity contribution < 1.29 is 84.2 Å². The maximum atomic E-state index is 13.4. The smallest absolute Gasteiger partial charge is 0.384 e. The number of hydrogen-bond donors (Lipinski definition) is 0. The Bertz CT molecular complexity index is 699. The van der Waals surface area contributed by atoms with Crippen LogP contribution in [0.5, 0.6) is 0 Å². The summed E-state index contributed by atoms with van der Waals surface area (Å²) in [5.41, 5.74) is 0. The van der Waals surface area contributed by atoms with Gasteiger partial charge in [-0.3, -0.25) is 0 Å². The summed E-state index contributed by atoms with van der Waals surface area (Å²) in [6.07, 6.45) is -13.4. The Labute approximate surface area is 165 Å². The van der Waals surface area contributed by atoms with Gasteiger partial charge in [0, 0.05) is 6.08 Å². The zero-order valence-electron chi connectivity index (χ0n) is 14.4. The van der Waals surface area contributed by atoms with E-state index in [1.54, 1.807) is 0 Å². The largest absolute Gasteiger partial charge is 0.428 e. The molecule has 0 saturated carbocycles. The minimum absolute atomic E-state index is 0.00254. The monoisotopic (exact) mass is 518 g/mol. The summed E-state index contributed by atoms with van der Waals surface area (Å²) >= 11 is 0. The summed E-state index contributed by atoms with van der Waals surface area (Å²) in [5.74, 6) is -58.1. The average Bonchev–Trinajstić information content (AvgIpc) is 2.59. The van der Waals surface area contributed by atoms with Crippen LogP contribution in [0, 0.1) is 0 Å². The van der Waals surface area contributed by atoms with Gasteiger partial charge >= 0.3 is 53.9 Å². The molecule has 0 amide bonds. The van der Waals surface area contributed by atoms with E-state index in [0.29, 0.717) is 0 Å². The molecule has 0 aliphatic rings. The molecule has 0 saturated heterocycles. The minimum Gasteiger partial charge on any atom is -0.428 e. The molecule has 0 spiro atoms. The predicted molar refractivity (Wildman–Crippen MR) is 66.4 cm³/mol. The summed E-state index contributed by atoms with van der Waals surface area (Å²) in [4.78, 5) is 10.5. The van der Waals surface area contributed by atoms with Crippen molar-refractivity contribution in [3.8, 4) is 0 Å². The van der Waals surface area contributed by atoms with Crippen LogP contribution in [-0.2, 0) is 9.53 Å². The molecule has 0 bridgehead atoms. The van der Waals surface area contributed by atoms with Crippen molar-refractivity contribution in [1.29, 1.82) is 0 Å². The van der Waals surface area contributed by atoms with Crippen LogP contribution in [-0.4, -0.2) is 60.2 Å². The van der Waals surface area contributed by atoms with Crippen molar-refractivity contribution in [2.75, 3.05) is 0 Å². The third kappa shape index (κ3) is 4.29. The van der Waals surface area contributed by atoms with Crippen molar-refractivity contribution in [2.24, 2.45) is 0 Å². The molecule has 0 heterocycles. The summed E-state index contributed by atoms with van der Waals surface area (Å²) in [6, 6.07) is 0.